The van der Waals surface area contributed by atoms with E-state index in [0.717, 1.165) is 0 Å². The summed E-state index contributed by atoms with van der Waals surface area (Å²) in [5, 5.41) is 9.44. The van der Waals surface area contributed by atoms with Gasteiger partial charge in [0, 0.05) is 17.5 Å². The Morgan fingerprint density at radius 1 is 1.31 bits per heavy atom. The van der Waals surface area contributed by atoms with E-state index in [4.69, 9.17) is 5.73 Å². The summed E-state index contributed by atoms with van der Waals surface area (Å²) < 4.78 is 37.8. The highest BCUT2D eigenvalue weighted by Gasteiger charge is 2.56. The number of hydrogen-bond donors (Lipinski definition) is 2. The predicted molar refractivity (Wildman–Crippen MR) is 54.1 cm³/mol. The summed E-state index contributed by atoms with van der Waals surface area (Å²) in [5.74, 6) is -0.545. The maximum atomic E-state index is 12.6. The highest BCUT2D eigenvalue weighted by atomic mass is 19.4. The Balaban J connectivity index is 3.14. The molecule has 0 aromatic rings. The topological polar surface area (TPSA) is 71.0 Å². The van der Waals surface area contributed by atoms with Gasteiger partial charge < -0.3 is 10.8 Å². The van der Waals surface area contributed by atoms with Gasteiger partial charge in [-0.3, -0.25) is 0 Å². The van der Waals surface area contributed by atoms with Gasteiger partial charge in [0.25, 0.3) is 5.72 Å². The number of guanidine groups is 1. The molecule has 0 radical (unpaired) electrons. The number of aliphatic imine (C=N–C) groups is 2. The van der Waals surface area contributed by atoms with Crippen LogP contribution < -0.4 is 5.73 Å². The Morgan fingerprint density at radius 2 is 1.81 bits per heavy atom. The fourth-order valence-electron chi connectivity index (χ4n) is 1.26. The fraction of sp³-hybridized carbons (Fsp3) is 0.778. The van der Waals surface area contributed by atoms with E-state index < -0.39 is 29.7 Å². The highest BCUT2D eigenvalue weighted by Crippen LogP contribution is 2.38. The van der Waals surface area contributed by atoms with Crippen molar-refractivity contribution in [3.8, 4) is 0 Å². The zero-order valence-electron chi connectivity index (χ0n) is 9.26. The molecule has 7 heteroatoms. The van der Waals surface area contributed by atoms with E-state index >= 15 is 0 Å². The van der Waals surface area contributed by atoms with Crippen LogP contribution in [0.1, 0.15) is 27.2 Å². The third-order valence-electron chi connectivity index (χ3n) is 2.28. The molecule has 0 bridgehead atoms. The molecule has 1 atom stereocenters. The third kappa shape index (κ3) is 2.34. The van der Waals surface area contributed by atoms with Crippen LogP contribution in [-0.2, 0) is 0 Å². The van der Waals surface area contributed by atoms with Crippen LogP contribution in [0, 0.1) is 5.41 Å². The standard InChI is InChI=1S/C9H14F3N3O/c1-7(2,3)5-4-8(16,9(10,11)12)15-6(13)14-5/h16H,4H2,1-3H3,(H2,13,15)/t8-/m0/s1. The maximum absolute atomic E-state index is 12.6. The van der Waals surface area contributed by atoms with Crippen molar-refractivity contribution < 1.29 is 18.3 Å². The van der Waals surface area contributed by atoms with Gasteiger partial charge in [0.1, 0.15) is 0 Å². The summed E-state index contributed by atoms with van der Waals surface area (Å²) in [6, 6.07) is 0. The van der Waals surface area contributed by atoms with Crippen LogP contribution in [0.4, 0.5) is 13.2 Å². The van der Waals surface area contributed by atoms with Crippen LogP contribution in [0.3, 0.4) is 0 Å². The molecule has 0 aliphatic carbocycles. The van der Waals surface area contributed by atoms with E-state index in [9.17, 15) is 18.3 Å². The normalized spacial score (nSPS) is 27.4. The molecule has 0 unspecified atom stereocenters. The second-order valence-electron chi connectivity index (χ2n) is 4.77. The molecule has 1 aliphatic rings. The van der Waals surface area contributed by atoms with Crippen molar-refractivity contribution in [2.24, 2.45) is 21.1 Å². The summed E-state index contributed by atoms with van der Waals surface area (Å²) in [7, 11) is 0. The smallest absolute Gasteiger partial charge is 0.368 e. The van der Waals surface area contributed by atoms with E-state index in [2.05, 4.69) is 9.98 Å². The first kappa shape index (κ1) is 13.0. The number of hydrogen-bond acceptors (Lipinski definition) is 4. The molecule has 1 heterocycles. The van der Waals surface area contributed by atoms with Gasteiger partial charge in [-0.25, -0.2) is 9.98 Å². The molecule has 0 fully saturated rings. The van der Waals surface area contributed by atoms with Crippen LogP contribution >= 0.6 is 0 Å². The molecule has 92 valence electrons. The maximum Gasteiger partial charge on any atom is 0.438 e. The molecule has 4 nitrogen and oxygen atoms in total. The van der Waals surface area contributed by atoms with Crippen LogP contribution in [0.5, 0.6) is 0 Å². The van der Waals surface area contributed by atoms with Crippen molar-refractivity contribution in [1.29, 1.82) is 0 Å². The number of alkyl halides is 3. The van der Waals surface area contributed by atoms with Gasteiger partial charge >= 0.3 is 6.18 Å². The fourth-order valence-corrected chi connectivity index (χ4v) is 1.26. The van der Waals surface area contributed by atoms with Gasteiger partial charge in [-0.15, -0.1) is 0 Å². The van der Waals surface area contributed by atoms with Gasteiger partial charge in [-0.2, -0.15) is 13.2 Å². The minimum absolute atomic E-state index is 0.180. The molecule has 0 saturated heterocycles. The lowest BCUT2D eigenvalue weighted by molar-refractivity contribution is -0.254. The van der Waals surface area contributed by atoms with Crippen molar-refractivity contribution in [2.75, 3.05) is 0 Å². The van der Waals surface area contributed by atoms with Crippen molar-refractivity contribution in [1.82, 2.24) is 0 Å². The van der Waals surface area contributed by atoms with E-state index in [0.29, 0.717) is 0 Å². The average Bonchev–Trinajstić information content (AvgIpc) is 1.98. The van der Waals surface area contributed by atoms with E-state index in [1.54, 1.807) is 20.8 Å². The summed E-state index contributed by atoms with van der Waals surface area (Å²) in [6.45, 7) is 5.09. The second-order valence-corrected chi connectivity index (χ2v) is 4.77. The van der Waals surface area contributed by atoms with E-state index in [-0.39, 0.29) is 5.71 Å². The predicted octanol–water partition coefficient (Wildman–Crippen LogP) is 1.44. The Labute approximate surface area is 91.1 Å². The third-order valence-corrected chi connectivity index (χ3v) is 2.28. The van der Waals surface area contributed by atoms with Crippen molar-refractivity contribution in [3.05, 3.63) is 0 Å². The van der Waals surface area contributed by atoms with Crippen molar-refractivity contribution in [2.45, 2.75) is 39.1 Å². The Kier molecular flexibility index (Phi) is 2.79. The molecule has 16 heavy (non-hydrogen) atoms. The van der Waals surface area contributed by atoms with Gasteiger partial charge in [-0.05, 0) is 0 Å². The molecule has 0 saturated carbocycles. The number of nitrogens with two attached hydrogens (primary N) is 1. The zero-order chi connectivity index (χ0) is 12.8. The molecule has 0 amide bonds. The number of nitrogens with zero attached hydrogens (tertiary/aromatic N) is 2. The highest BCUT2D eigenvalue weighted by molar-refractivity contribution is 6.01. The van der Waals surface area contributed by atoms with Gasteiger partial charge in [0.15, 0.2) is 0 Å². The minimum Gasteiger partial charge on any atom is -0.368 e. The van der Waals surface area contributed by atoms with E-state index in [1.165, 1.54) is 0 Å². The van der Waals surface area contributed by atoms with Gasteiger partial charge in [0.05, 0.1) is 0 Å². The Bertz CT molecular complexity index is 354. The number of aliphatic hydroxyl groups is 1. The molecule has 0 aromatic carbocycles. The molecular formula is C9H14F3N3O. The first-order valence-electron chi connectivity index (χ1n) is 4.68. The minimum atomic E-state index is -4.86. The largest absolute Gasteiger partial charge is 0.438 e. The lowest BCUT2D eigenvalue weighted by atomic mass is 9.84. The number of rotatable bonds is 0. The monoisotopic (exact) mass is 237 g/mol. The molecule has 0 spiro atoms. The Hall–Kier alpha value is -1.11. The summed E-state index contributed by atoms with van der Waals surface area (Å²) in [4.78, 5) is 6.73. The number of halogens is 3. The first-order valence-corrected chi connectivity index (χ1v) is 4.68. The van der Waals surface area contributed by atoms with Crippen molar-refractivity contribution in [3.63, 3.8) is 0 Å². The van der Waals surface area contributed by atoms with Crippen LogP contribution in [0.25, 0.3) is 0 Å². The Morgan fingerprint density at radius 3 is 2.19 bits per heavy atom. The molecular weight excluding hydrogens is 223 g/mol. The summed E-state index contributed by atoms with van der Waals surface area (Å²) >= 11 is 0. The van der Waals surface area contributed by atoms with Crippen LogP contribution in [0.2, 0.25) is 0 Å². The molecule has 1 rings (SSSR count). The SMILES string of the molecule is CC(C)(C)C1=NC(N)=N[C@@](O)(C(F)(F)F)C1. The quantitative estimate of drug-likeness (QED) is 0.669. The van der Waals surface area contributed by atoms with Gasteiger partial charge in [-0.1, -0.05) is 20.8 Å². The van der Waals surface area contributed by atoms with Crippen LogP contribution in [-0.4, -0.2) is 28.7 Å². The molecule has 1 aliphatic heterocycles. The zero-order valence-corrected chi connectivity index (χ0v) is 9.26. The lowest BCUT2D eigenvalue weighted by Gasteiger charge is -2.33. The molecule has 3 N–H and O–H groups in total. The molecule has 0 aromatic heterocycles. The van der Waals surface area contributed by atoms with E-state index in [1.807, 2.05) is 0 Å². The van der Waals surface area contributed by atoms with Gasteiger partial charge in [0.2, 0.25) is 5.96 Å². The summed E-state index contributed by atoms with van der Waals surface area (Å²) in [6.07, 6.45) is -5.54. The van der Waals surface area contributed by atoms with Crippen LogP contribution in [0.15, 0.2) is 9.98 Å². The average molecular weight is 237 g/mol. The van der Waals surface area contributed by atoms with Crippen molar-refractivity contribution >= 4 is 11.7 Å². The first-order chi connectivity index (χ1) is 6.96. The summed E-state index contributed by atoms with van der Waals surface area (Å²) in [5.41, 5.74) is 1.63. The lowest BCUT2D eigenvalue weighted by Crippen LogP contribution is -2.50. The second kappa shape index (κ2) is 3.44.